The standard InChI is InChI=1S/C13H12N2O/c1-2-11-10(14-5-1)6-12(16-11)9-4-3-8-7-15-13(8)9/h1-2,4-6,8,13,15H,3,7H2. The van der Waals surface area contributed by atoms with Crippen LogP contribution in [-0.2, 0) is 0 Å². The van der Waals surface area contributed by atoms with E-state index in [-0.39, 0.29) is 0 Å². The molecule has 2 unspecified atom stereocenters. The Hall–Kier alpha value is -1.61. The Balaban J connectivity index is 1.82. The number of hydrogen-bond acceptors (Lipinski definition) is 3. The van der Waals surface area contributed by atoms with E-state index in [2.05, 4.69) is 16.4 Å². The number of aromatic nitrogens is 1. The molecule has 4 rings (SSSR count). The lowest BCUT2D eigenvalue weighted by molar-refractivity contribution is 0.304. The van der Waals surface area contributed by atoms with Gasteiger partial charge in [-0.2, -0.15) is 0 Å². The van der Waals surface area contributed by atoms with Crippen LogP contribution in [0.2, 0.25) is 0 Å². The molecule has 0 spiro atoms. The largest absolute Gasteiger partial charge is 0.455 e. The van der Waals surface area contributed by atoms with Crippen LogP contribution in [0.1, 0.15) is 12.2 Å². The van der Waals surface area contributed by atoms with Gasteiger partial charge in [0, 0.05) is 30.4 Å². The van der Waals surface area contributed by atoms with Crippen molar-refractivity contribution in [3.63, 3.8) is 0 Å². The van der Waals surface area contributed by atoms with Crippen LogP contribution >= 0.6 is 0 Å². The molecule has 3 nitrogen and oxygen atoms in total. The van der Waals surface area contributed by atoms with Crippen LogP contribution in [0.4, 0.5) is 0 Å². The van der Waals surface area contributed by atoms with E-state index in [0.717, 1.165) is 29.3 Å². The third-order valence-corrected chi connectivity index (χ3v) is 3.62. The van der Waals surface area contributed by atoms with Gasteiger partial charge in [0.2, 0.25) is 0 Å². The second-order valence-electron chi connectivity index (χ2n) is 4.54. The minimum Gasteiger partial charge on any atom is -0.455 e. The average molecular weight is 212 g/mol. The average Bonchev–Trinajstić information content (AvgIpc) is 2.79. The van der Waals surface area contributed by atoms with Crippen LogP contribution in [0.3, 0.4) is 0 Å². The lowest BCUT2D eigenvalue weighted by Crippen LogP contribution is -2.50. The fourth-order valence-corrected chi connectivity index (χ4v) is 2.66. The van der Waals surface area contributed by atoms with Gasteiger partial charge in [0.15, 0.2) is 5.58 Å². The van der Waals surface area contributed by atoms with Gasteiger partial charge in [-0.05, 0) is 24.5 Å². The molecule has 0 radical (unpaired) electrons. The highest BCUT2D eigenvalue weighted by Gasteiger charge is 2.38. The summed E-state index contributed by atoms with van der Waals surface area (Å²) < 4.78 is 5.83. The summed E-state index contributed by atoms with van der Waals surface area (Å²) in [7, 11) is 0. The lowest BCUT2D eigenvalue weighted by Gasteiger charge is -2.33. The first kappa shape index (κ1) is 8.53. The Bertz CT molecular complexity index is 551. The Morgan fingerprint density at radius 1 is 1.44 bits per heavy atom. The molecule has 3 heteroatoms. The number of furan rings is 1. The van der Waals surface area contributed by atoms with Gasteiger partial charge in [-0.15, -0.1) is 0 Å². The van der Waals surface area contributed by atoms with Crippen molar-refractivity contribution in [3.8, 4) is 0 Å². The number of allylic oxidation sites excluding steroid dienone is 1. The van der Waals surface area contributed by atoms with Crippen molar-refractivity contribution < 1.29 is 4.42 Å². The van der Waals surface area contributed by atoms with Gasteiger partial charge in [0.25, 0.3) is 0 Å². The molecule has 2 aromatic heterocycles. The number of nitrogens with zero attached hydrogens (tertiary/aromatic N) is 1. The monoisotopic (exact) mass is 212 g/mol. The summed E-state index contributed by atoms with van der Waals surface area (Å²) in [5, 5.41) is 3.45. The summed E-state index contributed by atoms with van der Waals surface area (Å²) in [6.07, 6.45) is 5.28. The lowest BCUT2D eigenvalue weighted by atomic mass is 9.90. The van der Waals surface area contributed by atoms with Crippen LogP contribution in [0.15, 0.2) is 34.9 Å². The first-order valence-corrected chi connectivity index (χ1v) is 5.70. The highest BCUT2D eigenvalue weighted by molar-refractivity contribution is 5.80. The smallest absolute Gasteiger partial charge is 0.153 e. The predicted molar refractivity (Wildman–Crippen MR) is 61.9 cm³/mol. The van der Waals surface area contributed by atoms with E-state index in [1.54, 1.807) is 6.20 Å². The van der Waals surface area contributed by atoms with Gasteiger partial charge >= 0.3 is 0 Å². The molecule has 0 aromatic carbocycles. The van der Waals surface area contributed by atoms with Crippen LogP contribution in [-0.4, -0.2) is 17.6 Å². The van der Waals surface area contributed by atoms with Gasteiger partial charge in [-0.1, -0.05) is 6.08 Å². The van der Waals surface area contributed by atoms with E-state index >= 15 is 0 Å². The minimum absolute atomic E-state index is 0.514. The van der Waals surface area contributed by atoms with E-state index in [4.69, 9.17) is 4.42 Å². The first-order chi connectivity index (χ1) is 7.92. The number of pyridine rings is 1. The predicted octanol–water partition coefficient (Wildman–Crippen LogP) is 2.20. The molecule has 2 atom stereocenters. The zero-order valence-electron chi connectivity index (χ0n) is 8.81. The Labute approximate surface area is 93.2 Å². The SMILES string of the molecule is C1=C(c2cc3ncccc3o2)C2NCC2C1. The van der Waals surface area contributed by atoms with Gasteiger partial charge in [0.1, 0.15) is 11.3 Å². The molecule has 0 amide bonds. The van der Waals surface area contributed by atoms with Crippen LogP contribution in [0, 0.1) is 5.92 Å². The third-order valence-electron chi connectivity index (χ3n) is 3.62. The fourth-order valence-electron chi connectivity index (χ4n) is 2.66. The molecule has 2 aliphatic rings. The van der Waals surface area contributed by atoms with E-state index in [1.165, 1.54) is 12.0 Å². The summed E-state index contributed by atoms with van der Waals surface area (Å²) >= 11 is 0. The van der Waals surface area contributed by atoms with E-state index in [0.29, 0.717) is 6.04 Å². The third kappa shape index (κ3) is 1.04. The number of fused-ring (bicyclic) bond motifs is 2. The topological polar surface area (TPSA) is 38.1 Å². The summed E-state index contributed by atoms with van der Waals surface area (Å²) in [5.74, 6) is 1.77. The first-order valence-electron chi connectivity index (χ1n) is 5.70. The van der Waals surface area contributed by atoms with Gasteiger partial charge in [0.05, 0.1) is 0 Å². The van der Waals surface area contributed by atoms with E-state index in [1.807, 2.05) is 18.2 Å². The molecule has 1 aliphatic heterocycles. The van der Waals surface area contributed by atoms with E-state index in [9.17, 15) is 0 Å². The molecular formula is C13H12N2O. The molecule has 1 saturated heterocycles. The van der Waals surface area contributed by atoms with Crippen LogP contribution in [0.25, 0.3) is 16.7 Å². The van der Waals surface area contributed by atoms with Crippen molar-refractivity contribution in [3.05, 3.63) is 36.2 Å². The number of rotatable bonds is 1. The molecule has 16 heavy (non-hydrogen) atoms. The number of hydrogen-bond donors (Lipinski definition) is 1. The van der Waals surface area contributed by atoms with Crippen molar-refractivity contribution >= 4 is 16.7 Å². The molecule has 0 bridgehead atoms. The second-order valence-corrected chi connectivity index (χ2v) is 4.54. The summed E-state index contributed by atoms with van der Waals surface area (Å²) in [5.41, 5.74) is 3.14. The normalized spacial score (nSPS) is 27.6. The van der Waals surface area contributed by atoms with Gasteiger partial charge < -0.3 is 9.73 Å². The Kier molecular flexibility index (Phi) is 1.57. The van der Waals surface area contributed by atoms with E-state index < -0.39 is 0 Å². The van der Waals surface area contributed by atoms with Crippen molar-refractivity contribution in [2.75, 3.05) is 6.54 Å². The van der Waals surface area contributed by atoms with Crippen LogP contribution < -0.4 is 5.32 Å². The minimum atomic E-state index is 0.514. The van der Waals surface area contributed by atoms with Crippen molar-refractivity contribution in [1.82, 2.24) is 10.3 Å². The van der Waals surface area contributed by atoms with Crippen molar-refractivity contribution in [2.45, 2.75) is 12.5 Å². The summed E-state index contributed by atoms with van der Waals surface area (Å²) in [6.45, 7) is 1.14. The van der Waals surface area contributed by atoms with Crippen LogP contribution in [0.5, 0.6) is 0 Å². The molecule has 2 aromatic rings. The van der Waals surface area contributed by atoms with Gasteiger partial charge in [-0.25, -0.2) is 0 Å². The second kappa shape index (κ2) is 2.95. The van der Waals surface area contributed by atoms with Gasteiger partial charge in [-0.3, -0.25) is 4.98 Å². The molecule has 1 fully saturated rings. The summed E-state index contributed by atoms with van der Waals surface area (Å²) in [4.78, 5) is 4.29. The highest BCUT2D eigenvalue weighted by atomic mass is 16.3. The molecule has 0 saturated carbocycles. The molecule has 1 N–H and O–H groups in total. The summed E-state index contributed by atoms with van der Waals surface area (Å²) in [6, 6.07) is 6.43. The maximum Gasteiger partial charge on any atom is 0.153 e. The van der Waals surface area contributed by atoms with Crippen molar-refractivity contribution in [1.29, 1.82) is 0 Å². The Morgan fingerprint density at radius 3 is 3.19 bits per heavy atom. The molecule has 80 valence electrons. The zero-order chi connectivity index (χ0) is 10.5. The van der Waals surface area contributed by atoms with Crippen molar-refractivity contribution in [2.24, 2.45) is 5.92 Å². The molecular weight excluding hydrogens is 200 g/mol. The molecule has 3 heterocycles. The fraction of sp³-hybridized carbons (Fsp3) is 0.308. The molecule has 1 aliphatic carbocycles. The highest BCUT2D eigenvalue weighted by Crippen LogP contribution is 2.38. The zero-order valence-corrected chi connectivity index (χ0v) is 8.81. The maximum atomic E-state index is 5.83. The number of nitrogens with one attached hydrogen (secondary N) is 1. The quantitative estimate of drug-likeness (QED) is 0.787. The Morgan fingerprint density at radius 2 is 2.44 bits per heavy atom. The maximum absolute atomic E-state index is 5.83.